The molecule has 2 saturated heterocycles. The third-order valence-electron chi connectivity index (χ3n) is 5.40. The summed E-state index contributed by atoms with van der Waals surface area (Å²) in [6, 6.07) is -0.0313. The summed E-state index contributed by atoms with van der Waals surface area (Å²) in [6.07, 6.45) is 8.64. The second-order valence-corrected chi connectivity index (χ2v) is 7.75. The molecule has 0 aliphatic carbocycles. The van der Waals surface area contributed by atoms with Crippen molar-refractivity contribution in [2.45, 2.75) is 77.2 Å². The van der Waals surface area contributed by atoms with Gasteiger partial charge in [-0.15, -0.1) is 0 Å². The fourth-order valence-corrected chi connectivity index (χ4v) is 3.88. The molecular weight excluding hydrogens is 316 g/mol. The van der Waals surface area contributed by atoms with Gasteiger partial charge in [-0.05, 0) is 58.2 Å². The lowest BCUT2D eigenvalue weighted by Crippen LogP contribution is -2.39. The van der Waals surface area contributed by atoms with Crippen LogP contribution >= 0.6 is 0 Å². The highest BCUT2D eigenvalue weighted by molar-refractivity contribution is 5.76. The number of hydrogen-bond donors (Lipinski definition) is 0. The first kappa shape index (κ1) is 18.4. The Morgan fingerprint density at radius 1 is 1.16 bits per heavy atom. The second kappa shape index (κ2) is 8.79. The van der Waals surface area contributed by atoms with E-state index in [1.165, 1.54) is 32.4 Å². The van der Waals surface area contributed by atoms with Crippen LogP contribution in [0.5, 0.6) is 0 Å². The number of nitrogens with zero attached hydrogens (tertiary/aromatic N) is 4. The van der Waals surface area contributed by atoms with E-state index in [-0.39, 0.29) is 17.9 Å². The van der Waals surface area contributed by atoms with Gasteiger partial charge < -0.3 is 14.3 Å². The molecule has 0 aromatic carbocycles. The van der Waals surface area contributed by atoms with Crippen LogP contribution in [0.25, 0.3) is 0 Å². The average Bonchev–Trinajstić information content (AvgIpc) is 3.13. The fraction of sp³-hybridized carbons (Fsp3) is 0.842. The van der Waals surface area contributed by atoms with Crippen LogP contribution in [0.15, 0.2) is 4.52 Å². The Morgan fingerprint density at radius 3 is 2.64 bits per heavy atom. The van der Waals surface area contributed by atoms with Gasteiger partial charge in [0, 0.05) is 18.9 Å². The first-order chi connectivity index (χ1) is 12.1. The van der Waals surface area contributed by atoms with E-state index in [9.17, 15) is 4.79 Å². The Bertz CT molecular complexity index is 551. The number of aromatic nitrogens is 2. The van der Waals surface area contributed by atoms with Crippen LogP contribution in [0, 0.1) is 0 Å². The molecule has 1 aromatic heterocycles. The second-order valence-electron chi connectivity index (χ2n) is 7.75. The minimum absolute atomic E-state index is 0.0313. The van der Waals surface area contributed by atoms with Gasteiger partial charge in [0.15, 0.2) is 5.82 Å². The molecule has 2 aliphatic rings. The van der Waals surface area contributed by atoms with E-state index < -0.39 is 0 Å². The van der Waals surface area contributed by atoms with E-state index in [2.05, 4.69) is 28.9 Å². The largest absolute Gasteiger partial charge is 0.337 e. The van der Waals surface area contributed by atoms with Crippen LogP contribution in [0.4, 0.5) is 0 Å². The standard InChI is InChI=1S/C19H32N4O2/c1-15(2)18-20-19(25-21-18)16-9-4-7-14-23(16)17(24)10-8-13-22-11-5-3-6-12-22/h15-16H,3-14H2,1-2H3. The number of rotatable bonds is 6. The van der Waals surface area contributed by atoms with Crippen LogP contribution in [0.2, 0.25) is 0 Å². The number of carbonyl (C=O) groups excluding carboxylic acids is 1. The summed E-state index contributed by atoms with van der Waals surface area (Å²) in [5.41, 5.74) is 0. The van der Waals surface area contributed by atoms with Gasteiger partial charge in [-0.3, -0.25) is 4.79 Å². The summed E-state index contributed by atoms with van der Waals surface area (Å²) in [4.78, 5) is 21.8. The maximum atomic E-state index is 12.8. The third-order valence-corrected chi connectivity index (χ3v) is 5.40. The molecule has 0 spiro atoms. The lowest BCUT2D eigenvalue weighted by molar-refractivity contribution is -0.135. The van der Waals surface area contributed by atoms with Crippen LogP contribution in [-0.2, 0) is 4.79 Å². The number of likely N-dealkylation sites (tertiary alicyclic amines) is 2. The lowest BCUT2D eigenvalue weighted by atomic mass is 10.0. The van der Waals surface area contributed by atoms with Crippen LogP contribution in [0.3, 0.4) is 0 Å². The molecule has 3 rings (SSSR count). The molecule has 1 amide bonds. The van der Waals surface area contributed by atoms with Crippen molar-refractivity contribution in [2.24, 2.45) is 0 Å². The Morgan fingerprint density at radius 2 is 1.92 bits per heavy atom. The van der Waals surface area contributed by atoms with Gasteiger partial charge in [0.2, 0.25) is 11.8 Å². The van der Waals surface area contributed by atoms with Crippen molar-refractivity contribution < 1.29 is 9.32 Å². The van der Waals surface area contributed by atoms with Crippen LogP contribution in [0.1, 0.15) is 88.9 Å². The Labute approximate surface area is 150 Å². The van der Waals surface area contributed by atoms with E-state index in [1.54, 1.807) is 0 Å². The maximum Gasteiger partial charge on any atom is 0.249 e. The summed E-state index contributed by atoms with van der Waals surface area (Å²) >= 11 is 0. The highest BCUT2D eigenvalue weighted by atomic mass is 16.5. The van der Waals surface area contributed by atoms with Crippen molar-refractivity contribution in [1.29, 1.82) is 0 Å². The van der Waals surface area contributed by atoms with Gasteiger partial charge >= 0.3 is 0 Å². The predicted molar refractivity (Wildman–Crippen MR) is 96.2 cm³/mol. The van der Waals surface area contributed by atoms with Crippen molar-refractivity contribution in [2.75, 3.05) is 26.2 Å². The van der Waals surface area contributed by atoms with Crippen molar-refractivity contribution in [1.82, 2.24) is 19.9 Å². The zero-order valence-corrected chi connectivity index (χ0v) is 15.7. The lowest BCUT2D eigenvalue weighted by Gasteiger charge is -2.34. The first-order valence-electron chi connectivity index (χ1n) is 10.0. The summed E-state index contributed by atoms with van der Waals surface area (Å²) in [5, 5.41) is 4.08. The minimum atomic E-state index is -0.0313. The molecule has 2 aliphatic heterocycles. The zero-order valence-electron chi connectivity index (χ0n) is 15.7. The topological polar surface area (TPSA) is 62.5 Å². The van der Waals surface area contributed by atoms with Crippen molar-refractivity contribution in [3.63, 3.8) is 0 Å². The van der Waals surface area contributed by atoms with E-state index in [0.717, 1.165) is 44.6 Å². The summed E-state index contributed by atoms with van der Waals surface area (Å²) in [7, 11) is 0. The molecule has 1 aromatic rings. The number of amides is 1. The first-order valence-corrected chi connectivity index (χ1v) is 10.0. The average molecular weight is 348 g/mol. The monoisotopic (exact) mass is 348 g/mol. The van der Waals surface area contributed by atoms with Gasteiger partial charge in [0.05, 0.1) is 0 Å². The zero-order chi connectivity index (χ0) is 17.6. The van der Waals surface area contributed by atoms with Gasteiger partial charge in [0.25, 0.3) is 0 Å². The summed E-state index contributed by atoms with van der Waals surface area (Å²) in [6.45, 7) is 8.36. The summed E-state index contributed by atoms with van der Waals surface area (Å²) < 4.78 is 5.48. The minimum Gasteiger partial charge on any atom is -0.337 e. The van der Waals surface area contributed by atoms with Crippen LogP contribution < -0.4 is 0 Å². The normalized spacial score (nSPS) is 22.5. The van der Waals surface area contributed by atoms with Gasteiger partial charge in [0.1, 0.15) is 6.04 Å². The molecule has 6 nitrogen and oxygen atoms in total. The molecule has 140 valence electrons. The molecule has 1 atom stereocenters. The molecule has 0 N–H and O–H groups in total. The molecule has 2 fully saturated rings. The van der Waals surface area contributed by atoms with Crippen molar-refractivity contribution >= 4 is 5.91 Å². The molecular formula is C19H32N4O2. The highest BCUT2D eigenvalue weighted by Gasteiger charge is 2.32. The maximum absolute atomic E-state index is 12.8. The van der Waals surface area contributed by atoms with E-state index in [4.69, 9.17) is 4.52 Å². The van der Waals surface area contributed by atoms with E-state index in [0.29, 0.717) is 12.3 Å². The highest BCUT2D eigenvalue weighted by Crippen LogP contribution is 2.31. The van der Waals surface area contributed by atoms with Gasteiger partial charge in [-0.25, -0.2) is 0 Å². The molecule has 3 heterocycles. The smallest absolute Gasteiger partial charge is 0.249 e. The number of piperidine rings is 2. The molecule has 1 unspecified atom stereocenters. The Balaban J connectivity index is 1.54. The molecule has 0 saturated carbocycles. The van der Waals surface area contributed by atoms with E-state index >= 15 is 0 Å². The fourth-order valence-electron chi connectivity index (χ4n) is 3.88. The molecule has 0 bridgehead atoms. The van der Waals surface area contributed by atoms with Gasteiger partial charge in [-0.2, -0.15) is 4.98 Å². The Hall–Kier alpha value is -1.43. The molecule has 6 heteroatoms. The molecule has 0 radical (unpaired) electrons. The SMILES string of the molecule is CC(C)c1noc(C2CCCCN2C(=O)CCCN2CCCCC2)n1. The Kier molecular flexibility index (Phi) is 6.45. The quantitative estimate of drug-likeness (QED) is 0.787. The van der Waals surface area contributed by atoms with E-state index in [1.807, 2.05) is 4.90 Å². The van der Waals surface area contributed by atoms with Crippen molar-refractivity contribution in [3.8, 4) is 0 Å². The predicted octanol–water partition coefficient (Wildman–Crippen LogP) is 3.51. The number of carbonyl (C=O) groups is 1. The summed E-state index contributed by atoms with van der Waals surface area (Å²) in [5.74, 6) is 1.84. The third kappa shape index (κ3) is 4.81. The van der Waals surface area contributed by atoms with Gasteiger partial charge in [-0.1, -0.05) is 25.4 Å². The van der Waals surface area contributed by atoms with Crippen LogP contribution in [-0.4, -0.2) is 52.0 Å². The number of hydrogen-bond acceptors (Lipinski definition) is 5. The molecule has 25 heavy (non-hydrogen) atoms. The van der Waals surface area contributed by atoms with Crippen molar-refractivity contribution in [3.05, 3.63) is 11.7 Å².